The van der Waals surface area contributed by atoms with Crippen LogP contribution in [0.25, 0.3) is 0 Å². The minimum absolute atomic E-state index is 0.0631. The van der Waals surface area contributed by atoms with Gasteiger partial charge in [0.1, 0.15) is 5.60 Å². The van der Waals surface area contributed by atoms with E-state index in [0.29, 0.717) is 0 Å². The van der Waals surface area contributed by atoms with Gasteiger partial charge in [-0.05, 0) is 27.7 Å². The molecule has 0 aromatic carbocycles. The number of rotatable bonds is 0. The molecular formula is C9H17NO2. The minimum Gasteiger partial charge on any atom is -0.361 e. The summed E-state index contributed by atoms with van der Waals surface area (Å²) >= 11 is 0. The Morgan fingerprint density at radius 3 is 2.42 bits per heavy atom. The SMILES string of the molecule is CC1OC(C)(C)C(=O)N(C)C1C. The molecule has 0 aromatic rings. The quantitative estimate of drug-likeness (QED) is 0.545. The summed E-state index contributed by atoms with van der Waals surface area (Å²) in [4.78, 5) is 13.4. The first kappa shape index (κ1) is 9.52. The van der Waals surface area contributed by atoms with Crippen LogP contribution in [-0.4, -0.2) is 35.6 Å². The number of carbonyl (C=O) groups excluding carboxylic acids is 1. The highest BCUT2D eigenvalue weighted by atomic mass is 16.5. The molecule has 1 rings (SSSR count). The summed E-state index contributed by atoms with van der Waals surface area (Å²) in [5.41, 5.74) is -0.652. The summed E-state index contributed by atoms with van der Waals surface area (Å²) in [5, 5.41) is 0. The van der Waals surface area contributed by atoms with Gasteiger partial charge in [-0.25, -0.2) is 0 Å². The molecule has 0 aliphatic carbocycles. The van der Waals surface area contributed by atoms with Gasteiger partial charge in [-0.2, -0.15) is 0 Å². The van der Waals surface area contributed by atoms with E-state index in [1.807, 2.05) is 34.7 Å². The van der Waals surface area contributed by atoms with Crippen LogP contribution in [0, 0.1) is 0 Å². The average molecular weight is 171 g/mol. The Labute approximate surface area is 73.7 Å². The second-order valence-electron chi connectivity index (χ2n) is 3.99. The topological polar surface area (TPSA) is 29.5 Å². The summed E-state index contributed by atoms with van der Waals surface area (Å²) < 4.78 is 5.58. The van der Waals surface area contributed by atoms with Crippen molar-refractivity contribution in [1.82, 2.24) is 4.90 Å². The van der Waals surface area contributed by atoms with Crippen LogP contribution in [0.2, 0.25) is 0 Å². The van der Waals surface area contributed by atoms with Gasteiger partial charge < -0.3 is 9.64 Å². The van der Waals surface area contributed by atoms with Gasteiger partial charge in [0.2, 0.25) is 0 Å². The van der Waals surface area contributed by atoms with Crippen molar-refractivity contribution in [3.63, 3.8) is 0 Å². The normalized spacial score (nSPS) is 35.4. The van der Waals surface area contributed by atoms with Crippen LogP contribution in [0.5, 0.6) is 0 Å². The molecule has 2 unspecified atom stereocenters. The first-order valence-corrected chi connectivity index (χ1v) is 4.31. The highest BCUT2D eigenvalue weighted by Gasteiger charge is 2.41. The highest BCUT2D eigenvalue weighted by molar-refractivity contribution is 5.85. The standard InChI is InChI=1S/C9H17NO2/c1-6-7(2)12-9(3,4)8(11)10(6)5/h6-7H,1-5H3. The Morgan fingerprint density at radius 1 is 1.42 bits per heavy atom. The summed E-state index contributed by atoms with van der Waals surface area (Å²) in [5.74, 6) is 0.0631. The van der Waals surface area contributed by atoms with Crippen molar-refractivity contribution in [2.45, 2.75) is 45.4 Å². The fourth-order valence-corrected chi connectivity index (χ4v) is 1.54. The lowest BCUT2D eigenvalue weighted by Gasteiger charge is -2.43. The van der Waals surface area contributed by atoms with Gasteiger partial charge in [0.15, 0.2) is 0 Å². The maximum Gasteiger partial charge on any atom is 0.254 e. The Hall–Kier alpha value is -0.570. The minimum atomic E-state index is -0.652. The van der Waals surface area contributed by atoms with Gasteiger partial charge in [0.05, 0.1) is 12.1 Å². The molecule has 1 aliphatic rings. The van der Waals surface area contributed by atoms with E-state index < -0.39 is 5.60 Å². The Balaban J connectivity index is 2.85. The van der Waals surface area contributed by atoms with E-state index in [1.54, 1.807) is 4.90 Å². The molecule has 70 valence electrons. The molecule has 2 atom stereocenters. The van der Waals surface area contributed by atoms with Crippen LogP contribution in [0.3, 0.4) is 0 Å². The molecule has 12 heavy (non-hydrogen) atoms. The van der Waals surface area contributed by atoms with E-state index in [4.69, 9.17) is 4.74 Å². The number of hydrogen-bond acceptors (Lipinski definition) is 2. The largest absolute Gasteiger partial charge is 0.361 e. The lowest BCUT2D eigenvalue weighted by molar-refractivity contribution is -0.183. The van der Waals surface area contributed by atoms with E-state index in [1.165, 1.54) is 0 Å². The number of carbonyl (C=O) groups is 1. The molecule has 1 heterocycles. The smallest absolute Gasteiger partial charge is 0.254 e. The summed E-state index contributed by atoms with van der Waals surface area (Å²) in [6, 6.07) is 0.172. The molecule has 3 nitrogen and oxygen atoms in total. The fourth-order valence-electron chi connectivity index (χ4n) is 1.54. The molecular weight excluding hydrogens is 154 g/mol. The summed E-state index contributed by atoms with van der Waals surface area (Å²) in [7, 11) is 1.83. The van der Waals surface area contributed by atoms with Crippen LogP contribution in [-0.2, 0) is 9.53 Å². The predicted octanol–water partition coefficient (Wildman–Crippen LogP) is 1.03. The van der Waals surface area contributed by atoms with Crippen molar-refractivity contribution in [2.75, 3.05) is 7.05 Å². The lowest BCUT2D eigenvalue weighted by atomic mass is 10.0. The highest BCUT2D eigenvalue weighted by Crippen LogP contribution is 2.25. The third-order valence-corrected chi connectivity index (χ3v) is 2.61. The first-order chi connectivity index (χ1) is 5.36. The van der Waals surface area contributed by atoms with E-state index in [0.717, 1.165) is 0 Å². The molecule has 0 saturated carbocycles. The number of morpholine rings is 1. The molecule has 1 amide bonds. The van der Waals surface area contributed by atoms with Crippen LogP contribution >= 0.6 is 0 Å². The van der Waals surface area contributed by atoms with E-state index in [2.05, 4.69) is 0 Å². The molecule has 0 aromatic heterocycles. The zero-order chi connectivity index (χ0) is 9.52. The number of ether oxygens (including phenoxy) is 1. The second-order valence-corrected chi connectivity index (χ2v) is 3.99. The van der Waals surface area contributed by atoms with Crippen molar-refractivity contribution < 1.29 is 9.53 Å². The van der Waals surface area contributed by atoms with Crippen LogP contribution in [0.15, 0.2) is 0 Å². The number of hydrogen-bond donors (Lipinski definition) is 0. The average Bonchev–Trinajstić information content (AvgIpc) is 1.97. The molecule has 3 heteroatoms. The van der Waals surface area contributed by atoms with Crippen LogP contribution < -0.4 is 0 Å². The van der Waals surface area contributed by atoms with Gasteiger partial charge in [-0.15, -0.1) is 0 Å². The summed E-state index contributed by atoms with van der Waals surface area (Å²) in [6.45, 7) is 7.62. The van der Waals surface area contributed by atoms with E-state index >= 15 is 0 Å². The van der Waals surface area contributed by atoms with Crippen molar-refractivity contribution in [3.8, 4) is 0 Å². The third-order valence-electron chi connectivity index (χ3n) is 2.61. The number of likely N-dealkylation sites (N-methyl/N-ethyl adjacent to an activating group) is 1. The van der Waals surface area contributed by atoms with Crippen LogP contribution in [0.1, 0.15) is 27.7 Å². The lowest BCUT2D eigenvalue weighted by Crippen LogP contribution is -2.59. The molecule has 1 aliphatic heterocycles. The van der Waals surface area contributed by atoms with Gasteiger partial charge >= 0.3 is 0 Å². The maximum absolute atomic E-state index is 11.6. The van der Waals surface area contributed by atoms with Gasteiger partial charge in [-0.3, -0.25) is 4.79 Å². The Morgan fingerprint density at radius 2 is 1.92 bits per heavy atom. The van der Waals surface area contributed by atoms with E-state index in [9.17, 15) is 4.79 Å². The van der Waals surface area contributed by atoms with Gasteiger partial charge in [-0.1, -0.05) is 0 Å². The first-order valence-electron chi connectivity index (χ1n) is 4.31. The number of amides is 1. The zero-order valence-electron chi connectivity index (χ0n) is 8.42. The van der Waals surface area contributed by atoms with Crippen molar-refractivity contribution in [1.29, 1.82) is 0 Å². The molecule has 1 fully saturated rings. The van der Waals surface area contributed by atoms with Crippen molar-refractivity contribution >= 4 is 5.91 Å². The molecule has 1 saturated heterocycles. The molecule has 0 N–H and O–H groups in total. The van der Waals surface area contributed by atoms with Crippen molar-refractivity contribution in [2.24, 2.45) is 0 Å². The predicted molar refractivity (Wildman–Crippen MR) is 46.9 cm³/mol. The van der Waals surface area contributed by atoms with Gasteiger partial charge in [0, 0.05) is 7.05 Å². The molecule has 0 radical (unpaired) electrons. The molecule has 0 bridgehead atoms. The Bertz CT molecular complexity index is 201. The second kappa shape index (κ2) is 2.73. The molecule has 0 spiro atoms. The third kappa shape index (κ3) is 1.33. The summed E-state index contributed by atoms with van der Waals surface area (Å²) in [6.07, 6.45) is 0.114. The van der Waals surface area contributed by atoms with Gasteiger partial charge in [0.25, 0.3) is 5.91 Å². The zero-order valence-corrected chi connectivity index (χ0v) is 8.42. The monoisotopic (exact) mass is 171 g/mol. The van der Waals surface area contributed by atoms with Crippen LogP contribution in [0.4, 0.5) is 0 Å². The fraction of sp³-hybridized carbons (Fsp3) is 0.889. The Kier molecular flexibility index (Phi) is 2.17. The maximum atomic E-state index is 11.6. The van der Waals surface area contributed by atoms with E-state index in [-0.39, 0.29) is 18.1 Å². The number of nitrogens with zero attached hydrogens (tertiary/aromatic N) is 1. The van der Waals surface area contributed by atoms with Crippen molar-refractivity contribution in [3.05, 3.63) is 0 Å².